The van der Waals surface area contributed by atoms with E-state index in [4.69, 9.17) is 4.74 Å². The summed E-state index contributed by atoms with van der Waals surface area (Å²) in [5.41, 5.74) is 9.39. The van der Waals surface area contributed by atoms with Crippen molar-refractivity contribution in [3.63, 3.8) is 0 Å². The minimum atomic E-state index is -0.238. The van der Waals surface area contributed by atoms with Gasteiger partial charge in [0.1, 0.15) is 23.9 Å². The molecule has 0 aliphatic carbocycles. The standard InChI is InChI=1S/C34H25FN4O/c1-21-12-24(14-26(35)13-21)28-8-5-9-31-29(28)17-33(37-31)34-30-16-23(10-11-32(30)38-39-34)25-15-27(19-36-18-25)40-20-22-6-3-2-4-7-22/h2-19,37H,20H2,1H3,(H,38,39). The van der Waals surface area contributed by atoms with Crippen LogP contribution in [0.15, 0.2) is 109 Å². The van der Waals surface area contributed by atoms with Crippen molar-refractivity contribution in [1.82, 2.24) is 20.2 Å². The van der Waals surface area contributed by atoms with E-state index in [1.807, 2.05) is 79.9 Å². The lowest BCUT2D eigenvalue weighted by Gasteiger charge is -2.08. The highest BCUT2D eigenvalue weighted by molar-refractivity contribution is 6.01. The molecule has 194 valence electrons. The molecule has 3 aromatic heterocycles. The van der Waals surface area contributed by atoms with Crippen molar-refractivity contribution in [1.29, 1.82) is 0 Å². The zero-order chi connectivity index (χ0) is 27.1. The van der Waals surface area contributed by atoms with Crippen LogP contribution in [0.5, 0.6) is 5.75 Å². The van der Waals surface area contributed by atoms with Crippen molar-refractivity contribution in [3.8, 4) is 39.4 Å². The van der Waals surface area contributed by atoms with Gasteiger partial charge >= 0.3 is 0 Å². The normalized spacial score (nSPS) is 11.3. The minimum absolute atomic E-state index is 0.238. The number of fused-ring (bicyclic) bond motifs is 2. The molecule has 4 aromatic carbocycles. The lowest BCUT2D eigenvalue weighted by atomic mass is 9.99. The molecular formula is C34H25FN4O. The monoisotopic (exact) mass is 524 g/mol. The summed E-state index contributed by atoms with van der Waals surface area (Å²) in [5, 5.41) is 9.82. The summed E-state index contributed by atoms with van der Waals surface area (Å²) < 4.78 is 20.2. The summed E-state index contributed by atoms with van der Waals surface area (Å²) in [6.45, 7) is 2.39. The Morgan fingerprint density at radius 1 is 0.750 bits per heavy atom. The predicted octanol–water partition coefficient (Wildman–Crippen LogP) is 8.47. The molecule has 5 nitrogen and oxygen atoms in total. The molecule has 7 aromatic rings. The summed E-state index contributed by atoms with van der Waals surface area (Å²) in [4.78, 5) is 7.94. The number of aromatic nitrogens is 4. The molecule has 2 N–H and O–H groups in total. The average Bonchev–Trinajstić information content (AvgIpc) is 3.60. The van der Waals surface area contributed by atoms with E-state index < -0.39 is 0 Å². The predicted molar refractivity (Wildman–Crippen MR) is 158 cm³/mol. The Hall–Kier alpha value is -5.23. The van der Waals surface area contributed by atoms with Crippen LogP contribution in [-0.4, -0.2) is 20.2 Å². The van der Waals surface area contributed by atoms with Gasteiger partial charge in [0, 0.05) is 28.0 Å². The first kappa shape index (κ1) is 23.9. The first-order chi connectivity index (χ1) is 19.6. The third-order valence-corrected chi connectivity index (χ3v) is 7.13. The molecule has 7 rings (SSSR count). The molecule has 0 saturated heterocycles. The molecule has 0 aliphatic heterocycles. The molecule has 0 saturated carbocycles. The van der Waals surface area contributed by atoms with Gasteiger partial charge in [-0.15, -0.1) is 0 Å². The number of rotatable bonds is 6. The number of halogens is 1. The highest BCUT2D eigenvalue weighted by Crippen LogP contribution is 2.36. The molecule has 0 spiro atoms. The Kier molecular flexibility index (Phi) is 5.86. The maximum atomic E-state index is 14.2. The second kappa shape index (κ2) is 9.82. The number of hydrogen-bond donors (Lipinski definition) is 2. The van der Waals surface area contributed by atoms with Gasteiger partial charge in [-0.05, 0) is 77.2 Å². The molecule has 0 atom stereocenters. The zero-order valence-electron chi connectivity index (χ0n) is 21.8. The second-order valence-corrected chi connectivity index (χ2v) is 9.98. The summed E-state index contributed by atoms with van der Waals surface area (Å²) in [6.07, 6.45) is 3.57. The van der Waals surface area contributed by atoms with E-state index in [0.29, 0.717) is 12.4 Å². The van der Waals surface area contributed by atoms with Gasteiger partial charge in [0.05, 0.1) is 17.4 Å². The highest BCUT2D eigenvalue weighted by atomic mass is 19.1. The Balaban J connectivity index is 1.25. The van der Waals surface area contributed by atoms with E-state index in [0.717, 1.165) is 66.6 Å². The summed E-state index contributed by atoms with van der Waals surface area (Å²) in [6, 6.07) is 31.5. The smallest absolute Gasteiger partial charge is 0.138 e. The van der Waals surface area contributed by atoms with Crippen LogP contribution in [0.4, 0.5) is 4.39 Å². The Labute approximate surface area is 230 Å². The first-order valence-electron chi connectivity index (χ1n) is 13.1. The van der Waals surface area contributed by atoms with Gasteiger partial charge in [0.25, 0.3) is 0 Å². The molecule has 0 amide bonds. The molecule has 0 bridgehead atoms. The maximum Gasteiger partial charge on any atom is 0.138 e. The fraction of sp³-hybridized carbons (Fsp3) is 0.0588. The summed E-state index contributed by atoms with van der Waals surface area (Å²) in [5.74, 6) is 0.474. The van der Waals surface area contributed by atoms with Gasteiger partial charge in [-0.2, -0.15) is 5.10 Å². The number of nitrogens with one attached hydrogen (secondary N) is 2. The maximum absolute atomic E-state index is 14.2. The van der Waals surface area contributed by atoms with Gasteiger partial charge in [0.2, 0.25) is 0 Å². The number of ether oxygens (including phenoxy) is 1. The van der Waals surface area contributed by atoms with Crippen molar-refractivity contribution in [3.05, 3.63) is 126 Å². The largest absolute Gasteiger partial charge is 0.487 e. The van der Waals surface area contributed by atoms with Crippen LogP contribution in [0.3, 0.4) is 0 Å². The fourth-order valence-electron chi connectivity index (χ4n) is 5.22. The van der Waals surface area contributed by atoms with Crippen LogP contribution in [0, 0.1) is 12.7 Å². The van der Waals surface area contributed by atoms with Crippen LogP contribution in [-0.2, 0) is 6.61 Å². The number of aryl methyl sites for hydroxylation is 1. The van der Waals surface area contributed by atoms with Crippen molar-refractivity contribution in [2.45, 2.75) is 13.5 Å². The van der Waals surface area contributed by atoms with Gasteiger partial charge in [-0.1, -0.05) is 54.6 Å². The third-order valence-electron chi connectivity index (χ3n) is 7.13. The van der Waals surface area contributed by atoms with Gasteiger partial charge < -0.3 is 9.72 Å². The van der Waals surface area contributed by atoms with Crippen molar-refractivity contribution in [2.75, 3.05) is 0 Å². The van der Waals surface area contributed by atoms with Crippen LogP contribution in [0.2, 0.25) is 0 Å². The lowest BCUT2D eigenvalue weighted by Crippen LogP contribution is -1.95. The van der Waals surface area contributed by atoms with Crippen LogP contribution >= 0.6 is 0 Å². The van der Waals surface area contributed by atoms with Crippen molar-refractivity contribution < 1.29 is 9.13 Å². The SMILES string of the molecule is Cc1cc(F)cc(-c2cccc3[nH]c(-c4n[nH]c5ccc(-c6cncc(OCc7ccccc7)c6)cc45)cc23)c1. The molecule has 0 aliphatic rings. The zero-order valence-corrected chi connectivity index (χ0v) is 21.8. The minimum Gasteiger partial charge on any atom is -0.487 e. The van der Waals surface area contributed by atoms with Gasteiger partial charge in [-0.3, -0.25) is 10.1 Å². The van der Waals surface area contributed by atoms with E-state index in [1.165, 1.54) is 0 Å². The number of H-pyrrole nitrogens is 2. The average molecular weight is 525 g/mol. The Bertz CT molecular complexity index is 1970. The Morgan fingerprint density at radius 3 is 2.52 bits per heavy atom. The molecular weight excluding hydrogens is 499 g/mol. The number of nitrogens with zero attached hydrogens (tertiary/aromatic N) is 2. The van der Waals surface area contributed by atoms with Crippen LogP contribution in [0.1, 0.15) is 11.1 Å². The second-order valence-electron chi connectivity index (χ2n) is 9.98. The van der Waals surface area contributed by atoms with Crippen LogP contribution in [0.25, 0.3) is 55.4 Å². The molecule has 3 heterocycles. The number of hydrogen-bond acceptors (Lipinski definition) is 3. The van der Waals surface area contributed by atoms with Crippen molar-refractivity contribution >= 4 is 21.8 Å². The number of aromatic amines is 2. The molecule has 40 heavy (non-hydrogen) atoms. The molecule has 0 unspecified atom stereocenters. The highest BCUT2D eigenvalue weighted by Gasteiger charge is 2.15. The number of pyridine rings is 1. The van der Waals surface area contributed by atoms with Crippen LogP contribution < -0.4 is 4.74 Å². The summed E-state index contributed by atoms with van der Waals surface area (Å²) >= 11 is 0. The van der Waals surface area contributed by atoms with E-state index in [9.17, 15) is 4.39 Å². The van der Waals surface area contributed by atoms with Crippen molar-refractivity contribution in [2.24, 2.45) is 0 Å². The summed E-state index contributed by atoms with van der Waals surface area (Å²) in [7, 11) is 0. The Morgan fingerprint density at radius 2 is 1.65 bits per heavy atom. The molecule has 6 heteroatoms. The van der Waals surface area contributed by atoms with E-state index >= 15 is 0 Å². The first-order valence-corrected chi connectivity index (χ1v) is 13.1. The molecule has 0 radical (unpaired) electrons. The lowest BCUT2D eigenvalue weighted by molar-refractivity contribution is 0.305. The van der Waals surface area contributed by atoms with E-state index in [1.54, 1.807) is 18.3 Å². The van der Waals surface area contributed by atoms with Gasteiger partial charge in [-0.25, -0.2) is 4.39 Å². The quantitative estimate of drug-likeness (QED) is 0.229. The third kappa shape index (κ3) is 4.50. The van der Waals surface area contributed by atoms with Gasteiger partial charge in [0.15, 0.2) is 0 Å². The van der Waals surface area contributed by atoms with E-state index in [-0.39, 0.29) is 5.82 Å². The van der Waals surface area contributed by atoms with E-state index in [2.05, 4.69) is 38.4 Å². The number of benzene rings is 4. The molecule has 0 fully saturated rings. The fourth-order valence-corrected chi connectivity index (χ4v) is 5.22. The topological polar surface area (TPSA) is 66.6 Å².